The maximum absolute atomic E-state index is 13.2. The summed E-state index contributed by atoms with van der Waals surface area (Å²) >= 11 is 0. The molecule has 0 aromatic heterocycles. The number of aliphatic hydroxyl groups is 3. The molecular weight excluding hydrogens is 628 g/mol. The number of unbranched alkanes of at least 4 members (excludes halogenated alkanes) is 5. The van der Waals surface area contributed by atoms with Gasteiger partial charge in [0.15, 0.2) is 11.5 Å². The van der Waals surface area contributed by atoms with Gasteiger partial charge in [0.05, 0.1) is 19.1 Å². The van der Waals surface area contributed by atoms with Gasteiger partial charge in [-0.3, -0.25) is 14.4 Å². The van der Waals surface area contributed by atoms with Crippen molar-refractivity contribution in [1.29, 1.82) is 0 Å². The van der Waals surface area contributed by atoms with Crippen molar-refractivity contribution in [1.82, 2.24) is 5.32 Å². The maximum atomic E-state index is 13.2. The summed E-state index contributed by atoms with van der Waals surface area (Å²) in [7, 11) is 0. The van der Waals surface area contributed by atoms with Crippen molar-refractivity contribution in [2.45, 2.75) is 94.7 Å². The second kappa shape index (κ2) is 18.0. The molecule has 0 radical (unpaired) electrons. The third kappa shape index (κ3) is 11.5. The summed E-state index contributed by atoms with van der Waals surface area (Å²) in [5, 5.41) is 65.1. The van der Waals surface area contributed by atoms with E-state index in [0.29, 0.717) is 23.6 Å². The molecule has 0 heterocycles. The Balaban J connectivity index is 1.59. The Labute approximate surface area is 278 Å². The quantitative estimate of drug-likeness (QED) is 0.0525. The lowest BCUT2D eigenvalue weighted by Gasteiger charge is -2.40. The highest BCUT2D eigenvalue weighted by molar-refractivity contribution is 6.00. The van der Waals surface area contributed by atoms with Crippen LogP contribution in [0.1, 0.15) is 70.3 Å². The summed E-state index contributed by atoms with van der Waals surface area (Å²) in [5.74, 6) is -4.76. The molecule has 2 aromatic rings. The first-order valence-electron chi connectivity index (χ1n) is 15.9. The van der Waals surface area contributed by atoms with Gasteiger partial charge in [-0.15, -0.1) is 0 Å². The first-order valence-corrected chi connectivity index (χ1v) is 15.9. The Kier molecular flexibility index (Phi) is 14.2. The minimum atomic E-state index is -2.46. The molecule has 0 spiro atoms. The normalized spacial score (nSPS) is 21.3. The Bertz CT molecular complexity index is 1430. The van der Waals surface area contributed by atoms with Crippen molar-refractivity contribution in [3.63, 3.8) is 0 Å². The molecule has 2 amide bonds. The van der Waals surface area contributed by atoms with Crippen LogP contribution >= 0.6 is 0 Å². The number of phenolic OH excluding ortho intramolecular Hbond substituents is 2. The molecule has 48 heavy (non-hydrogen) atoms. The van der Waals surface area contributed by atoms with Gasteiger partial charge in [0, 0.05) is 24.6 Å². The number of benzene rings is 2. The molecule has 8 N–H and O–H groups in total. The highest BCUT2D eigenvalue weighted by atomic mass is 16.6. The van der Waals surface area contributed by atoms with E-state index in [0.717, 1.165) is 25.3 Å². The topological polar surface area (TPSA) is 232 Å². The van der Waals surface area contributed by atoms with E-state index in [-0.39, 0.29) is 5.75 Å². The third-order valence-electron chi connectivity index (χ3n) is 7.85. The van der Waals surface area contributed by atoms with Crippen molar-refractivity contribution in [2.75, 3.05) is 11.9 Å². The van der Waals surface area contributed by atoms with Gasteiger partial charge in [-0.25, -0.2) is 4.79 Å². The van der Waals surface area contributed by atoms with E-state index in [4.69, 9.17) is 9.47 Å². The van der Waals surface area contributed by atoms with Crippen LogP contribution in [0.2, 0.25) is 0 Å². The number of carbonyl (C=O) groups is 4. The molecular formula is C34H44N2O12. The molecule has 14 heteroatoms. The van der Waals surface area contributed by atoms with E-state index in [1.165, 1.54) is 43.5 Å². The highest BCUT2D eigenvalue weighted by Gasteiger charge is 2.50. The molecule has 262 valence electrons. The van der Waals surface area contributed by atoms with Gasteiger partial charge in [-0.1, -0.05) is 45.1 Å². The van der Waals surface area contributed by atoms with Crippen LogP contribution in [-0.2, 0) is 23.9 Å². The molecule has 0 bridgehead atoms. The molecule has 1 fully saturated rings. The van der Waals surface area contributed by atoms with Gasteiger partial charge >= 0.3 is 11.9 Å². The summed E-state index contributed by atoms with van der Waals surface area (Å²) < 4.78 is 10.9. The molecule has 2 aromatic carbocycles. The number of rotatable bonds is 17. The van der Waals surface area contributed by atoms with Crippen LogP contribution in [0.15, 0.2) is 48.5 Å². The minimum absolute atomic E-state index is 0.300. The fraction of sp³-hybridized carbons (Fsp3) is 0.471. The number of phenols is 2. The van der Waals surface area contributed by atoms with Gasteiger partial charge in [0.1, 0.15) is 29.6 Å². The average Bonchev–Trinajstić information content (AvgIpc) is 3.03. The van der Waals surface area contributed by atoms with Crippen LogP contribution in [-0.4, -0.2) is 91.0 Å². The van der Waals surface area contributed by atoms with E-state index in [1.807, 2.05) is 0 Å². The number of hydrogen-bond acceptors (Lipinski definition) is 11. The highest BCUT2D eigenvalue weighted by Crippen LogP contribution is 2.32. The molecule has 3 rings (SSSR count). The molecule has 5 unspecified atom stereocenters. The smallest absolute Gasteiger partial charge is 0.331 e. The Morgan fingerprint density at radius 2 is 1.65 bits per heavy atom. The predicted octanol–water partition coefficient (Wildman–Crippen LogP) is 2.61. The average molecular weight is 673 g/mol. The number of esters is 1. The molecule has 0 saturated heterocycles. The van der Waals surface area contributed by atoms with E-state index in [2.05, 4.69) is 17.6 Å². The van der Waals surface area contributed by atoms with Gasteiger partial charge in [-0.05, 0) is 54.5 Å². The summed E-state index contributed by atoms with van der Waals surface area (Å²) in [5.41, 5.74) is -1.84. The third-order valence-corrected chi connectivity index (χ3v) is 7.85. The van der Waals surface area contributed by atoms with Crippen molar-refractivity contribution in [3.8, 4) is 17.2 Å². The predicted molar refractivity (Wildman–Crippen MR) is 173 cm³/mol. The largest absolute Gasteiger partial charge is 0.504 e. The van der Waals surface area contributed by atoms with Crippen LogP contribution in [0.25, 0.3) is 6.08 Å². The summed E-state index contributed by atoms with van der Waals surface area (Å²) in [6, 6.07) is 8.51. The summed E-state index contributed by atoms with van der Waals surface area (Å²) in [4.78, 5) is 50.2. The van der Waals surface area contributed by atoms with Crippen molar-refractivity contribution in [3.05, 3.63) is 54.1 Å². The van der Waals surface area contributed by atoms with E-state index in [1.54, 1.807) is 24.3 Å². The number of nitrogens with one attached hydrogen (secondary N) is 2. The maximum Gasteiger partial charge on any atom is 0.331 e. The van der Waals surface area contributed by atoms with E-state index in [9.17, 15) is 49.8 Å². The first-order chi connectivity index (χ1) is 22.8. The summed E-state index contributed by atoms with van der Waals surface area (Å²) in [6.45, 7) is 2.70. The lowest BCUT2D eigenvalue weighted by Crippen LogP contribution is -2.61. The zero-order valence-corrected chi connectivity index (χ0v) is 26.7. The molecule has 1 aliphatic rings. The monoisotopic (exact) mass is 672 g/mol. The molecule has 1 saturated carbocycles. The van der Waals surface area contributed by atoms with Gasteiger partial charge in [0.25, 0.3) is 5.91 Å². The van der Waals surface area contributed by atoms with Gasteiger partial charge in [0.2, 0.25) is 5.91 Å². The Morgan fingerprint density at radius 3 is 2.31 bits per heavy atom. The lowest BCUT2D eigenvalue weighted by atomic mass is 9.78. The standard InChI is InChI=1S/C34H44N2O12/c1-2-3-4-5-6-7-16-47-23-12-10-22(11-13-23)35-32(44)24(18-29(40)41)36-33(45)34(46)19-27(39)31(43)28(20-34)48-30(42)15-9-21-8-14-25(37)26(38)17-21/h8-15,17,24,27-28,31,37-39,43,46H,2-7,16,18-20H2,1H3,(H,35,44)(H,36,45)(H,40,41)/b15-9+. The molecule has 1 aliphatic carbocycles. The number of carboxylic acids is 1. The number of aromatic hydroxyl groups is 2. The number of carboxylic acid groups (broad SMARTS) is 1. The number of aliphatic carboxylic acids is 1. The van der Waals surface area contributed by atoms with Crippen LogP contribution in [0.3, 0.4) is 0 Å². The van der Waals surface area contributed by atoms with Crippen molar-refractivity contribution in [2.24, 2.45) is 0 Å². The zero-order valence-electron chi connectivity index (χ0n) is 26.7. The number of carbonyl (C=O) groups excluding carboxylic acids is 3. The van der Waals surface area contributed by atoms with Gasteiger partial charge in [-0.2, -0.15) is 0 Å². The first kappa shape index (κ1) is 37.8. The minimum Gasteiger partial charge on any atom is -0.504 e. The second-order valence-electron chi connectivity index (χ2n) is 11.8. The number of amides is 2. The van der Waals surface area contributed by atoms with Gasteiger partial charge < -0.3 is 50.7 Å². The molecule has 5 atom stereocenters. The second-order valence-corrected chi connectivity index (χ2v) is 11.8. The summed E-state index contributed by atoms with van der Waals surface area (Å²) in [6.07, 6.45) is 1.70. The number of aliphatic hydroxyl groups excluding tert-OH is 2. The Morgan fingerprint density at radius 1 is 0.958 bits per heavy atom. The zero-order chi connectivity index (χ0) is 35.3. The van der Waals surface area contributed by atoms with Crippen LogP contribution in [0.5, 0.6) is 17.2 Å². The fourth-order valence-corrected chi connectivity index (χ4v) is 5.16. The molecule has 14 nitrogen and oxygen atoms in total. The lowest BCUT2D eigenvalue weighted by molar-refractivity contribution is -0.187. The SMILES string of the molecule is CCCCCCCCOc1ccc(NC(=O)C(CC(=O)O)NC(=O)C2(O)CC(O)C(O)C(OC(=O)/C=C/c3ccc(O)c(O)c3)C2)cc1. The number of hydrogen-bond donors (Lipinski definition) is 8. The number of ether oxygens (including phenoxy) is 2. The number of anilines is 1. The van der Waals surface area contributed by atoms with E-state index < -0.39 is 78.7 Å². The fourth-order valence-electron chi connectivity index (χ4n) is 5.16. The van der Waals surface area contributed by atoms with Crippen LogP contribution in [0.4, 0.5) is 5.69 Å². The Hall–Kier alpha value is -4.66. The van der Waals surface area contributed by atoms with Crippen LogP contribution in [0, 0.1) is 0 Å². The van der Waals surface area contributed by atoms with E-state index >= 15 is 0 Å². The van der Waals surface area contributed by atoms with Crippen molar-refractivity contribution >= 4 is 35.5 Å². The van der Waals surface area contributed by atoms with Crippen LogP contribution < -0.4 is 15.4 Å². The molecule has 0 aliphatic heterocycles. The van der Waals surface area contributed by atoms with Crippen molar-refractivity contribution < 1.29 is 59.3 Å².